The number of carbonyl (C=O) groups is 1. The lowest BCUT2D eigenvalue weighted by molar-refractivity contribution is -0.135. The second-order valence-corrected chi connectivity index (χ2v) is 4.59. The molecule has 2 rings (SSSR count). The highest BCUT2D eigenvalue weighted by molar-refractivity contribution is 5.98. The molecule has 0 aliphatic carbocycles. The Balaban J connectivity index is 2.27. The molecule has 0 fully saturated rings. The van der Waals surface area contributed by atoms with E-state index >= 15 is 0 Å². The van der Waals surface area contributed by atoms with Gasteiger partial charge in [-0.15, -0.1) is 0 Å². The van der Waals surface area contributed by atoms with Crippen LogP contribution in [0.4, 0.5) is 13.2 Å². The molecule has 0 atom stereocenters. The molecule has 0 unspecified atom stereocenters. The van der Waals surface area contributed by atoms with Crippen LogP contribution in [0.25, 0.3) is 0 Å². The van der Waals surface area contributed by atoms with Crippen LogP contribution in [0, 0.1) is 0 Å². The molecule has 20 heavy (non-hydrogen) atoms. The third-order valence-electron chi connectivity index (χ3n) is 2.91. The Hall–Kier alpha value is -2.05. The Labute approximate surface area is 112 Å². The minimum Gasteiger partial charge on any atom is -0.427 e. The van der Waals surface area contributed by atoms with Crippen LogP contribution in [0.3, 0.4) is 0 Å². The summed E-state index contributed by atoms with van der Waals surface area (Å²) in [5.74, 6) is -0.338. The summed E-state index contributed by atoms with van der Waals surface area (Å²) >= 11 is 0. The number of hydrogen-bond donors (Lipinski definition) is 1. The van der Waals surface area contributed by atoms with Crippen LogP contribution in [0.5, 0.6) is 0 Å². The molecule has 7 heteroatoms. The minimum atomic E-state index is -4.25. The van der Waals surface area contributed by atoms with Gasteiger partial charge in [-0.2, -0.15) is 13.2 Å². The van der Waals surface area contributed by atoms with Crippen molar-refractivity contribution in [2.75, 3.05) is 0 Å². The summed E-state index contributed by atoms with van der Waals surface area (Å²) in [6.45, 7) is 3.57. The quantitative estimate of drug-likeness (QED) is 0.928. The van der Waals surface area contributed by atoms with Crippen LogP contribution < -0.4 is 10.9 Å². The number of allylic oxidation sites excluding steroid dienone is 1. The zero-order valence-corrected chi connectivity index (χ0v) is 10.5. The van der Waals surface area contributed by atoms with Crippen LogP contribution in [-0.2, 0) is 12.8 Å². The fourth-order valence-corrected chi connectivity index (χ4v) is 2.13. The zero-order chi connectivity index (χ0) is 14.9. The number of halogens is 3. The lowest BCUT2D eigenvalue weighted by Crippen LogP contribution is -2.32. The standard InChI is InChI=1S/C13H12F3NO3/c1-7-5-9-11(12(19)17-7)8(6-10(18)20-9)3-2-4-13(14,15)16/h6H,1-5H2,(H,17,19). The van der Waals surface area contributed by atoms with Crippen LogP contribution in [0.1, 0.15) is 34.5 Å². The fourth-order valence-electron chi connectivity index (χ4n) is 2.13. The molecule has 0 bridgehead atoms. The van der Waals surface area contributed by atoms with Crippen LogP contribution in [0.2, 0.25) is 0 Å². The van der Waals surface area contributed by atoms with Gasteiger partial charge in [-0.25, -0.2) is 4.79 Å². The van der Waals surface area contributed by atoms with Crippen molar-refractivity contribution in [1.29, 1.82) is 0 Å². The number of aryl methyl sites for hydroxylation is 1. The summed E-state index contributed by atoms with van der Waals surface area (Å²) < 4.78 is 41.3. The molecular weight excluding hydrogens is 275 g/mol. The highest BCUT2D eigenvalue weighted by Crippen LogP contribution is 2.25. The van der Waals surface area contributed by atoms with E-state index < -0.39 is 24.1 Å². The normalized spacial score (nSPS) is 14.9. The Kier molecular flexibility index (Phi) is 3.69. The van der Waals surface area contributed by atoms with Crippen molar-refractivity contribution in [2.45, 2.75) is 31.9 Å². The predicted molar refractivity (Wildman–Crippen MR) is 64.3 cm³/mol. The van der Waals surface area contributed by atoms with E-state index in [1.165, 1.54) is 0 Å². The largest absolute Gasteiger partial charge is 0.427 e. The molecule has 0 saturated heterocycles. The van der Waals surface area contributed by atoms with E-state index in [9.17, 15) is 22.8 Å². The Morgan fingerprint density at radius 1 is 1.35 bits per heavy atom. The van der Waals surface area contributed by atoms with E-state index in [4.69, 9.17) is 4.42 Å². The smallest absolute Gasteiger partial charge is 0.389 e. The third-order valence-corrected chi connectivity index (χ3v) is 2.91. The summed E-state index contributed by atoms with van der Waals surface area (Å²) in [5.41, 5.74) is 0.149. The summed E-state index contributed by atoms with van der Waals surface area (Å²) in [5, 5.41) is 2.48. The first-order valence-corrected chi connectivity index (χ1v) is 5.98. The van der Waals surface area contributed by atoms with Crippen LogP contribution in [0.15, 0.2) is 27.6 Å². The Morgan fingerprint density at radius 3 is 2.70 bits per heavy atom. The fraction of sp³-hybridized carbons (Fsp3) is 0.385. The zero-order valence-electron chi connectivity index (χ0n) is 10.5. The molecule has 0 aromatic carbocycles. The third kappa shape index (κ3) is 3.28. The first kappa shape index (κ1) is 14.4. The molecule has 2 heterocycles. The number of amides is 1. The van der Waals surface area contributed by atoms with Gasteiger partial charge in [0, 0.05) is 24.6 Å². The number of hydrogen-bond acceptors (Lipinski definition) is 3. The van der Waals surface area contributed by atoms with E-state index in [1.807, 2.05) is 0 Å². The van der Waals surface area contributed by atoms with Crippen molar-refractivity contribution in [2.24, 2.45) is 0 Å². The van der Waals surface area contributed by atoms with Gasteiger partial charge in [0.05, 0.1) is 5.56 Å². The van der Waals surface area contributed by atoms with Crippen molar-refractivity contribution in [3.05, 3.63) is 45.6 Å². The average Bonchev–Trinajstić information content (AvgIpc) is 2.24. The number of carbonyl (C=O) groups excluding carboxylic acids is 1. The van der Waals surface area contributed by atoms with Gasteiger partial charge >= 0.3 is 11.8 Å². The monoisotopic (exact) mass is 287 g/mol. The van der Waals surface area contributed by atoms with Gasteiger partial charge in [0.1, 0.15) is 5.76 Å². The lowest BCUT2D eigenvalue weighted by Gasteiger charge is -2.19. The number of alkyl halides is 3. The number of rotatable bonds is 3. The molecular formula is C13H12F3NO3. The maximum Gasteiger partial charge on any atom is 0.389 e. The van der Waals surface area contributed by atoms with Gasteiger partial charge in [-0.3, -0.25) is 4.79 Å². The van der Waals surface area contributed by atoms with Crippen LogP contribution >= 0.6 is 0 Å². The molecule has 1 amide bonds. The summed E-state index contributed by atoms with van der Waals surface area (Å²) in [6.07, 6.45) is -5.24. The number of fused-ring (bicyclic) bond motifs is 1. The second-order valence-electron chi connectivity index (χ2n) is 4.59. The highest BCUT2D eigenvalue weighted by atomic mass is 19.4. The van der Waals surface area contributed by atoms with Gasteiger partial charge in [0.15, 0.2) is 0 Å². The predicted octanol–water partition coefficient (Wildman–Crippen LogP) is 2.32. The molecule has 1 aromatic rings. The molecule has 1 aromatic heterocycles. The van der Waals surface area contributed by atoms with Crippen molar-refractivity contribution < 1.29 is 22.4 Å². The molecule has 1 N–H and O–H groups in total. The summed E-state index contributed by atoms with van der Waals surface area (Å²) in [6, 6.07) is 1.07. The number of nitrogens with one attached hydrogen (secondary N) is 1. The summed E-state index contributed by atoms with van der Waals surface area (Å²) in [7, 11) is 0. The topological polar surface area (TPSA) is 59.3 Å². The second kappa shape index (κ2) is 5.15. The van der Waals surface area contributed by atoms with Crippen molar-refractivity contribution in [3.63, 3.8) is 0 Å². The van der Waals surface area contributed by atoms with E-state index in [0.29, 0.717) is 5.70 Å². The van der Waals surface area contributed by atoms with E-state index in [0.717, 1.165) is 6.07 Å². The molecule has 108 valence electrons. The average molecular weight is 287 g/mol. The molecule has 1 aliphatic heterocycles. The maximum absolute atomic E-state index is 12.1. The van der Waals surface area contributed by atoms with Gasteiger partial charge in [-0.1, -0.05) is 6.58 Å². The molecule has 1 aliphatic rings. The van der Waals surface area contributed by atoms with Gasteiger partial charge < -0.3 is 9.73 Å². The van der Waals surface area contributed by atoms with Crippen LogP contribution in [-0.4, -0.2) is 12.1 Å². The van der Waals surface area contributed by atoms with E-state index in [2.05, 4.69) is 11.9 Å². The summed E-state index contributed by atoms with van der Waals surface area (Å²) in [4.78, 5) is 23.2. The van der Waals surface area contributed by atoms with Gasteiger partial charge in [0.25, 0.3) is 5.91 Å². The highest BCUT2D eigenvalue weighted by Gasteiger charge is 2.28. The first-order valence-electron chi connectivity index (χ1n) is 5.98. The van der Waals surface area contributed by atoms with Gasteiger partial charge in [0.2, 0.25) is 0 Å². The minimum absolute atomic E-state index is 0.00661. The van der Waals surface area contributed by atoms with Crippen molar-refractivity contribution in [3.8, 4) is 0 Å². The molecule has 0 saturated carbocycles. The maximum atomic E-state index is 12.1. The SMILES string of the molecule is C=C1Cc2oc(=O)cc(CCCC(F)(F)F)c2C(=O)N1. The van der Waals surface area contributed by atoms with Crippen molar-refractivity contribution in [1.82, 2.24) is 5.32 Å². The van der Waals surface area contributed by atoms with E-state index in [-0.39, 0.29) is 36.1 Å². The Morgan fingerprint density at radius 2 is 2.05 bits per heavy atom. The lowest BCUT2D eigenvalue weighted by atomic mass is 9.97. The molecule has 0 spiro atoms. The molecule has 0 radical (unpaired) electrons. The first-order chi connectivity index (χ1) is 9.26. The molecule has 4 nitrogen and oxygen atoms in total. The van der Waals surface area contributed by atoms with E-state index in [1.54, 1.807) is 0 Å². The Bertz CT molecular complexity index is 616. The van der Waals surface area contributed by atoms with Gasteiger partial charge in [-0.05, 0) is 18.4 Å². The van der Waals surface area contributed by atoms with Crippen molar-refractivity contribution >= 4 is 5.91 Å².